The Kier molecular flexibility index (Phi) is 3.84. The maximum atomic E-state index is 12.9. The number of nitrogens with one attached hydrogen (secondary N) is 1. The Morgan fingerprint density at radius 3 is 2.52 bits per heavy atom. The van der Waals surface area contributed by atoms with E-state index in [0.29, 0.717) is 28.6 Å². The summed E-state index contributed by atoms with van der Waals surface area (Å²) in [5.74, 6) is -0.224. The second-order valence-electron chi connectivity index (χ2n) is 5.66. The number of anilines is 1. The van der Waals surface area contributed by atoms with Crippen molar-refractivity contribution in [2.45, 2.75) is 37.6 Å². The van der Waals surface area contributed by atoms with Gasteiger partial charge in [-0.05, 0) is 25.0 Å². The van der Waals surface area contributed by atoms with Crippen LogP contribution in [0.3, 0.4) is 0 Å². The molecule has 1 aliphatic heterocycles. The van der Waals surface area contributed by atoms with Crippen molar-refractivity contribution in [3.63, 3.8) is 0 Å². The van der Waals surface area contributed by atoms with Gasteiger partial charge in [-0.3, -0.25) is 14.5 Å². The van der Waals surface area contributed by atoms with Crippen LogP contribution >= 0.6 is 23.2 Å². The number of hydrogen-bond acceptors (Lipinski definition) is 2. The van der Waals surface area contributed by atoms with Gasteiger partial charge >= 0.3 is 0 Å². The summed E-state index contributed by atoms with van der Waals surface area (Å²) in [5, 5.41) is 3.60. The predicted molar refractivity (Wildman–Crippen MR) is 82.8 cm³/mol. The van der Waals surface area contributed by atoms with E-state index >= 15 is 0 Å². The molecule has 0 atom stereocenters. The molecule has 6 heteroatoms. The molecule has 0 aromatic heterocycles. The molecule has 1 heterocycles. The van der Waals surface area contributed by atoms with E-state index in [2.05, 4.69) is 5.32 Å². The molecule has 3 rings (SSSR count). The number of carbonyl (C=O) groups is 2. The summed E-state index contributed by atoms with van der Waals surface area (Å²) >= 11 is 12.2. The van der Waals surface area contributed by atoms with E-state index < -0.39 is 5.54 Å². The lowest BCUT2D eigenvalue weighted by atomic mass is 9.79. The number of halogens is 2. The van der Waals surface area contributed by atoms with Crippen LogP contribution in [0.5, 0.6) is 0 Å². The first-order valence-electron chi connectivity index (χ1n) is 7.10. The topological polar surface area (TPSA) is 49.4 Å². The molecule has 1 aromatic carbocycles. The largest absolute Gasteiger partial charge is 0.340 e. The molecular weight excluding hydrogens is 311 g/mol. The first-order chi connectivity index (χ1) is 10.0. The summed E-state index contributed by atoms with van der Waals surface area (Å²) in [6.07, 6.45) is 4.37. The molecule has 0 bridgehead atoms. The van der Waals surface area contributed by atoms with Gasteiger partial charge in [0.2, 0.25) is 5.91 Å². The molecule has 2 aliphatic rings. The van der Waals surface area contributed by atoms with Crippen LogP contribution in [0.1, 0.15) is 32.1 Å². The van der Waals surface area contributed by atoms with Gasteiger partial charge in [0.25, 0.3) is 5.91 Å². The van der Waals surface area contributed by atoms with Crippen LogP contribution < -0.4 is 10.2 Å². The summed E-state index contributed by atoms with van der Waals surface area (Å²) in [6, 6.07) is 5.12. The molecule has 112 valence electrons. The molecule has 4 nitrogen and oxygen atoms in total. The molecule has 0 radical (unpaired) electrons. The normalized spacial score (nSPS) is 21.5. The van der Waals surface area contributed by atoms with Crippen LogP contribution in [0.4, 0.5) is 5.69 Å². The van der Waals surface area contributed by atoms with Gasteiger partial charge in [-0.2, -0.15) is 0 Å². The fourth-order valence-corrected chi connectivity index (χ4v) is 3.62. The van der Waals surface area contributed by atoms with Gasteiger partial charge < -0.3 is 5.32 Å². The fraction of sp³-hybridized carbons (Fsp3) is 0.467. The van der Waals surface area contributed by atoms with Crippen molar-refractivity contribution < 1.29 is 9.59 Å². The molecule has 1 spiro atoms. The van der Waals surface area contributed by atoms with E-state index in [0.717, 1.165) is 19.3 Å². The number of rotatable bonds is 1. The highest BCUT2D eigenvalue weighted by Crippen LogP contribution is 2.37. The van der Waals surface area contributed by atoms with E-state index in [1.54, 1.807) is 18.2 Å². The van der Waals surface area contributed by atoms with Crippen LogP contribution in [0.2, 0.25) is 10.0 Å². The standard InChI is InChI=1S/C15H16Cl2N2O2/c16-10-5-4-6-11(13(10)17)19-9-12(20)18-15(14(19)21)7-2-1-3-8-15/h4-6H,1-3,7-9H2,(H,18,20). The average Bonchev–Trinajstić information content (AvgIpc) is 2.47. The van der Waals surface area contributed by atoms with Crippen molar-refractivity contribution in [2.75, 3.05) is 11.4 Å². The number of benzene rings is 1. The smallest absolute Gasteiger partial charge is 0.253 e. The Balaban J connectivity index is 2.00. The summed E-state index contributed by atoms with van der Waals surface area (Å²) in [6.45, 7) is -0.0132. The molecule has 1 N–H and O–H groups in total. The van der Waals surface area contributed by atoms with Crippen molar-refractivity contribution in [1.82, 2.24) is 5.32 Å². The zero-order chi connectivity index (χ0) is 15.0. The van der Waals surface area contributed by atoms with Gasteiger partial charge in [0.15, 0.2) is 0 Å². The second-order valence-corrected chi connectivity index (χ2v) is 6.44. The van der Waals surface area contributed by atoms with Crippen molar-refractivity contribution >= 4 is 40.7 Å². The zero-order valence-corrected chi connectivity index (χ0v) is 13.0. The van der Waals surface area contributed by atoms with Crippen LogP contribution in [0.15, 0.2) is 18.2 Å². The molecule has 21 heavy (non-hydrogen) atoms. The molecule has 2 fully saturated rings. The average molecular weight is 327 g/mol. The Hall–Kier alpha value is -1.26. The Morgan fingerprint density at radius 1 is 1.10 bits per heavy atom. The number of hydrogen-bond donors (Lipinski definition) is 1. The van der Waals surface area contributed by atoms with Crippen LogP contribution in [-0.2, 0) is 9.59 Å². The molecule has 1 aromatic rings. The van der Waals surface area contributed by atoms with E-state index in [4.69, 9.17) is 23.2 Å². The van der Waals surface area contributed by atoms with Gasteiger partial charge in [0.05, 0.1) is 15.7 Å². The Morgan fingerprint density at radius 2 is 1.81 bits per heavy atom. The maximum absolute atomic E-state index is 12.9. The minimum absolute atomic E-state index is 0.0132. The molecular formula is C15H16Cl2N2O2. The zero-order valence-electron chi connectivity index (χ0n) is 11.5. The van der Waals surface area contributed by atoms with Crippen molar-refractivity contribution in [1.29, 1.82) is 0 Å². The number of piperazine rings is 1. The Bertz CT molecular complexity index is 597. The van der Waals surface area contributed by atoms with Gasteiger partial charge in [-0.15, -0.1) is 0 Å². The van der Waals surface area contributed by atoms with Gasteiger partial charge in [0.1, 0.15) is 12.1 Å². The predicted octanol–water partition coefficient (Wildman–Crippen LogP) is 3.16. The minimum Gasteiger partial charge on any atom is -0.340 e. The SMILES string of the molecule is O=C1CN(c2cccc(Cl)c2Cl)C(=O)C2(CCCCC2)N1. The molecule has 1 aliphatic carbocycles. The van der Waals surface area contributed by atoms with Crippen LogP contribution in [0.25, 0.3) is 0 Å². The molecule has 1 saturated carbocycles. The van der Waals surface area contributed by atoms with E-state index in [1.807, 2.05) is 0 Å². The molecule has 2 amide bonds. The fourth-order valence-electron chi connectivity index (χ4n) is 3.22. The van der Waals surface area contributed by atoms with E-state index in [1.165, 1.54) is 4.90 Å². The van der Waals surface area contributed by atoms with Gasteiger partial charge in [0, 0.05) is 0 Å². The second kappa shape index (κ2) is 5.50. The first kappa shape index (κ1) is 14.7. The Labute approximate surface area is 133 Å². The molecule has 1 saturated heterocycles. The maximum Gasteiger partial charge on any atom is 0.253 e. The lowest BCUT2D eigenvalue weighted by molar-refractivity contribution is -0.137. The van der Waals surface area contributed by atoms with Gasteiger partial charge in [-0.1, -0.05) is 48.5 Å². The van der Waals surface area contributed by atoms with Gasteiger partial charge in [-0.25, -0.2) is 0 Å². The number of amides is 2. The van der Waals surface area contributed by atoms with Crippen molar-refractivity contribution in [2.24, 2.45) is 0 Å². The summed E-state index contributed by atoms with van der Waals surface area (Å²) < 4.78 is 0. The lowest BCUT2D eigenvalue weighted by Gasteiger charge is -2.44. The monoisotopic (exact) mass is 326 g/mol. The highest BCUT2D eigenvalue weighted by atomic mass is 35.5. The lowest BCUT2D eigenvalue weighted by Crippen LogP contribution is -2.67. The third kappa shape index (κ3) is 2.51. The highest BCUT2D eigenvalue weighted by molar-refractivity contribution is 6.44. The number of nitrogens with zero attached hydrogens (tertiary/aromatic N) is 1. The van der Waals surface area contributed by atoms with E-state index in [9.17, 15) is 9.59 Å². The summed E-state index contributed by atoms with van der Waals surface area (Å²) in [4.78, 5) is 26.5. The van der Waals surface area contributed by atoms with Crippen LogP contribution in [-0.4, -0.2) is 23.9 Å². The summed E-state index contributed by atoms with van der Waals surface area (Å²) in [5.41, 5.74) is -0.256. The third-order valence-electron chi connectivity index (χ3n) is 4.26. The minimum atomic E-state index is -0.765. The van der Waals surface area contributed by atoms with Crippen molar-refractivity contribution in [3.05, 3.63) is 28.2 Å². The highest BCUT2D eigenvalue weighted by Gasteiger charge is 2.47. The van der Waals surface area contributed by atoms with E-state index in [-0.39, 0.29) is 18.4 Å². The first-order valence-corrected chi connectivity index (χ1v) is 7.86. The van der Waals surface area contributed by atoms with Crippen LogP contribution in [0, 0.1) is 0 Å². The summed E-state index contributed by atoms with van der Waals surface area (Å²) in [7, 11) is 0. The molecule has 0 unspecified atom stereocenters. The quantitative estimate of drug-likeness (QED) is 0.861. The number of carbonyl (C=O) groups excluding carboxylic acids is 2. The third-order valence-corrected chi connectivity index (χ3v) is 5.07. The van der Waals surface area contributed by atoms with Crippen molar-refractivity contribution in [3.8, 4) is 0 Å².